The van der Waals surface area contributed by atoms with Crippen LogP contribution in [0.5, 0.6) is 0 Å². The Morgan fingerprint density at radius 2 is 2.00 bits per heavy atom. The number of pyridine rings is 1. The van der Waals surface area contributed by atoms with E-state index in [1.54, 1.807) is 18.3 Å². The first-order chi connectivity index (χ1) is 8.66. The number of nitrogens with zero attached hydrogens (tertiary/aromatic N) is 1. The van der Waals surface area contributed by atoms with Crippen molar-refractivity contribution in [1.29, 1.82) is 0 Å². The Balaban J connectivity index is 2.01. The molecule has 0 saturated carbocycles. The fourth-order valence-electron chi connectivity index (χ4n) is 1.60. The molecule has 1 N–H and O–H groups in total. The van der Waals surface area contributed by atoms with Gasteiger partial charge in [0.15, 0.2) is 0 Å². The van der Waals surface area contributed by atoms with Gasteiger partial charge in [-0.1, -0.05) is 28.1 Å². The van der Waals surface area contributed by atoms with Gasteiger partial charge in [0.2, 0.25) is 0 Å². The highest BCUT2D eigenvalue weighted by atomic mass is 79.9. The maximum absolute atomic E-state index is 11.9. The van der Waals surface area contributed by atoms with Gasteiger partial charge in [-0.25, -0.2) is 0 Å². The van der Waals surface area contributed by atoms with Crippen LogP contribution in [0.1, 0.15) is 21.6 Å². The van der Waals surface area contributed by atoms with E-state index in [1.165, 1.54) is 0 Å². The number of carbonyl (C=O) groups excluding carboxylic acids is 1. The van der Waals surface area contributed by atoms with Crippen LogP contribution in [0.4, 0.5) is 0 Å². The van der Waals surface area contributed by atoms with E-state index in [0.717, 1.165) is 15.7 Å². The molecule has 0 fully saturated rings. The lowest BCUT2D eigenvalue weighted by Crippen LogP contribution is -2.23. The van der Waals surface area contributed by atoms with E-state index < -0.39 is 0 Å². The van der Waals surface area contributed by atoms with Crippen LogP contribution in [0, 0.1) is 6.92 Å². The first kappa shape index (κ1) is 12.8. The second kappa shape index (κ2) is 5.78. The number of aromatic nitrogens is 1. The zero-order chi connectivity index (χ0) is 13.0. The zero-order valence-corrected chi connectivity index (χ0v) is 11.6. The van der Waals surface area contributed by atoms with Crippen molar-refractivity contribution >= 4 is 21.8 Å². The number of halogens is 1. The number of hydrogen-bond acceptors (Lipinski definition) is 2. The topological polar surface area (TPSA) is 42.0 Å². The predicted octanol–water partition coefficient (Wildman–Crippen LogP) is 3.08. The van der Waals surface area contributed by atoms with Crippen LogP contribution in [0.15, 0.2) is 47.1 Å². The number of nitrogens with one attached hydrogen (secondary N) is 1. The summed E-state index contributed by atoms with van der Waals surface area (Å²) in [6, 6.07) is 11.4. The number of rotatable bonds is 3. The first-order valence-corrected chi connectivity index (χ1v) is 6.40. The molecule has 0 bridgehead atoms. The smallest absolute Gasteiger partial charge is 0.253 e. The van der Waals surface area contributed by atoms with Crippen molar-refractivity contribution in [2.45, 2.75) is 13.5 Å². The summed E-state index contributed by atoms with van der Waals surface area (Å²) in [6.07, 6.45) is 1.68. The van der Waals surface area contributed by atoms with Gasteiger partial charge in [-0.2, -0.15) is 0 Å². The lowest BCUT2D eigenvalue weighted by Gasteiger charge is -2.07. The summed E-state index contributed by atoms with van der Waals surface area (Å²) < 4.78 is 1.03. The molecule has 1 aromatic heterocycles. The van der Waals surface area contributed by atoms with Crippen molar-refractivity contribution in [3.63, 3.8) is 0 Å². The fourth-order valence-corrected chi connectivity index (χ4v) is 1.87. The van der Waals surface area contributed by atoms with Crippen LogP contribution in [-0.4, -0.2) is 10.9 Å². The number of carbonyl (C=O) groups is 1. The molecule has 0 saturated heterocycles. The summed E-state index contributed by atoms with van der Waals surface area (Å²) in [6.45, 7) is 2.34. The summed E-state index contributed by atoms with van der Waals surface area (Å²) in [4.78, 5) is 16.0. The second-order valence-corrected chi connectivity index (χ2v) is 4.86. The largest absolute Gasteiger partial charge is 0.348 e. The molecule has 2 aromatic rings. The van der Waals surface area contributed by atoms with Crippen molar-refractivity contribution in [2.75, 3.05) is 0 Å². The van der Waals surface area contributed by atoms with Gasteiger partial charge in [-0.05, 0) is 36.8 Å². The van der Waals surface area contributed by atoms with Gasteiger partial charge in [-0.15, -0.1) is 0 Å². The van der Waals surface area contributed by atoms with Crippen LogP contribution in [0.2, 0.25) is 0 Å². The fraction of sp³-hybridized carbons (Fsp3) is 0.143. The number of amides is 1. The van der Waals surface area contributed by atoms with Crippen LogP contribution in [0.3, 0.4) is 0 Å². The highest BCUT2D eigenvalue weighted by Gasteiger charge is 2.08. The quantitative estimate of drug-likeness (QED) is 0.947. The molecule has 4 heteroatoms. The zero-order valence-electron chi connectivity index (χ0n) is 9.98. The molecule has 92 valence electrons. The minimum atomic E-state index is -0.0940. The van der Waals surface area contributed by atoms with E-state index in [2.05, 4.69) is 26.2 Å². The SMILES string of the molecule is Cc1ncccc1C(=O)NCc1ccc(Br)cc1. The summed E-state index contributed by atoms with van der Waals surface area (Å²) >= 11 is 3.38. The Labute approximate surface area is 114 Å². The lowest BCUT2D eigenvalue weighted by molar-refractivity contribution is 0.0950. The van der Waals surface area contributed by atoms with E-state index in [9.17, 15) is 4.79 Å². The molecule has 1 heterocycles. The summed E-state index contributed by atoms with van der Waals surface area (Å²) in [7, 11) is 0. The van der Waals surface area contributed by atoms with E-state index in [-0.39, 0.29) is 5.91 Å². The van der Waals surface area contributed by atoms with E-state index >= 15 is 0 Å². The molecule has 0 spiro atoms. The minimum Gasteiger partial charge on any atom is -0.348 e. The van der Waals surface area contributed by atoms with Crippen LogP contribution in [-0.2, 0) is 6.54 Å². The van der Waals surface area contributed by atoms with Crippen molar-refractivity contribution in [3.8, 4) is 0 Å². The van der Waals surface area contributed by atoms with Gasteiger partial charge in [0, 0.05) is 22.9 Å². The molecule has 3 nitrogen and oxygen atoms in total. The van der Waals surface area contributed by atoms with E-state index in [4.69, 9.17) is 0 Å². The highest BCUT2D eigenvalue weighted by Crippen LogP contribution is 2.10. The molecule has 0 atom stereocenters. The van der Waals surface area contributed by atoms with Crippen molar-refractivity contribution in [3.05, 3.63) is 63.9 Å². The summed E-state index contributed by atoms with van der Waals surface area (Å²) in [5.74, 6) is -0.0940. The van der Waals surface area contributed by atoms with Crippen molar-refractivity contribution in [2.24, 2.45) is 0 Å². The van der Waals surface area contributed by atoms with Gasteiger partial charge < -0.3 is 5.32 Å². The standard InChI is InChI=1S/C14H13BrN2O/c1-10-13(3-2-8-16-10)14(18)17-9-11-4-6-12(15)7-5-11/h2-8H,9H2,1H3,(H,17,18). The molecule has 0 aliphatic heterocycles. The molecule has 0 aliphatic rings. The maximum Gasteiger partial charge on any atom is 0.253 e. The molecular formula is C14H13BrN2O. The molecule has 18 heavy (non-hydrogen) atoms. The van der Waals surface area contributed by atoms with Crippen LogP contribution < -0.4 is 5.32 Å². The average molecular weight is 305 g/mol. The Kier molecular flexibility index (Phi) is 4.10. The Hall–Kier alpha value is -1.68. The Bertz CT molecular complexity index is 552. The Morgan fingerprint density at radius 1 is 1.28 bits per heavy atom. The van der Waals surface area contributed by atoms with Crippen LogP contribution >= 0.6 is 15.9 Å². The van der Waals surface area contributed by atoms with Gasteiger partial charge in [-0.3, -0.25) is 9.78 Å². The minimum absolute atomic E-state index is 0.0940. The molecule has 0 radical (unpaired) electrons. The van der Waals surface area contributed by atoms with E-state index in [1.807, 2.05) is 31.2 Å². The normalized spacial score (nSPS) is 10.1. The predicted molar refractivity (Wildman–Crippen MR) is 74.3 cm³/mol. The molecule has 1 aromatic carbocycles. The third kappa shape index (κ3) is 3.17. The Morgan fingerprint density at radius 3 is 2.67 bits per heavy atom. The van der Waals surface area contributed by atoms with Gasteiger partial charge in [0.05, 0.1) is 5.56 Å². The summed E-state index contributed by atoms with van der Waals surface area (Å²) in [5.41, 5.74) is 2.42. The van der Waals surface area contributed by atoms with Gasteiger partial charge in [0.25, 0.3) is 5.91 Å². The third-order valence-corrected chi connectivity index (χ3v) is 3.15. The lowest BCUT2D eigenvalue weighted by atomic mass is 10.2. The summed E-state index contributed by atoms with van der Waals surface area (Å²) in [5, 5.41) is 2.88. The highest BCUT2D eigenvalue weighted by molar-refractivity contribution is 9.10. The van der Waals surface area contributed by atoms with Crippen molar-refractivity contribution in [1.82, 2.24) is 10.3 Å². The molecular weight excluding hydrogens is 292 g/mol. The van der Waals surface area contributed by atoms with Gasteiger partial charge in [0.1, 0.15) is 0 Å². The monoisotopic (exact) mass is 304 g/mol. The maximum atomic E-state index is 11.9. The second-order valence-electron chi connectivity index (χ2n) is 3.95. The van der Waals surface area contributed by atoms with Crippen molar-refractivity contribution < 1.29 is 4.79 Å². The van der Waals surface area contributed by atoms with E-state index in [0.29, 0.717) is 12.1 Å². The molecule has 1 amide bonds. The average Bonchev–Trinajstić information content (AvgIpc) is 2.38. The first-order valence-electron chi connectivity index (χ1n) is 5.61. The number of hydrogen-bond donors (Lipinski definition) is 1. The third-order valence-electron chi connectivity index (χ3n) is 2.62. The molecule has 0 aliphatic carbocycles. The van der Waals surface area contributed by atoms with Gasteiger partial charge >= 0.3 is 0 Å². The number of benzene rings is 1. The molecule has 2 rings (SSSR count). The number of aryl methyl sites for hydroxylation is 1. The van der Waals surface area contributed by atoms with Crippen LogP contribution in [0.25, 0.3) is 0 Å². The molecule has 0 unspecified atom stereocenters.